The standard InChI is InChI=1S/C48H86N4O4/c1-7-9-11-13-15-17-19-21-23-25-27-29-35-51(47(55)43(49)37-39(3)4)45(53)41-31-33-42(34-32-41)46(54)52(48(56)44(50)38-40(5)6)36-30-28-26-24-22-20-18-16-14-12-10-8-2/h31-34,39-40,43-44H,7-30,35-38,49-50H2,1-6H3. The Kier molecular flexibility index (Phi) is 29.7. The van der Waals surface area contributed by atoms with Gasteiger partial charge in [0, 0.05) is 24.2 Å². The summed E-state index contributed by atoms with van der Waals surface area (Å²) in [7, 11) is 0. The van der Waals surface area contributed by atoms with Gasteiger partial charge in [-0.1, -0.05) is 183 Å². The minimum atomic E-state index is -0.757. The zero-order valence-corrected chi connectivity index (χ0v) is 37.1. The zero-order valence-electron chi connectivity index (χ0n) is 37.1. The lowest BCUT2D eigenvalue weighted by molar-refractivity contribution is -0.131. The summed E-state index contributed by atoms with van der Waals surface area (Å²) in [6, 6.07) is 4.84. The van der Waals surface area contributed by atoms with Crippen LogP contribution in [0.2, 0.25) is 0 Å². The van der Waals surface area contributed by atoms with Gasteiger partial charge in [0.25, 0.3) is 11.8 Å². The van der Waals surface area contributed by atoms with Gasteiger partial charge in [-0.15, -0.1) is 0 Å². The van der Waals surface area contributed by atoms with E-state index in [4.69, 9.17) is 11.5 Å². The van der Waals surface area contributed by atoms with E-state index in [0.717, 1.165) is 38.5 Å². The SMILES string of the molecule is CCCCCCCCCCCCCCN(C(=O)c1ccc(C(=O)N(CCCCCCCCCCCCCC)C(=O)C(N)CC(C)C)cc1)C(=O)C(N)CC(C)C. The molecule has 1 aromatic rings. The molecule has 0 radical (unpaired) electrons. The molecule has 0 saturated heterocycles. The molecule has 0 spiro atoms. The van der Waals surface area contributed by atoms with Gasteiger partial charge in [0.15, 0.2) is 0 Å². The van der Waals surface area contributed by atoms with Crippen LogP contribution in [0.25, 0.3) is 0 Å². The predicted octanol–water partition coefficient (Wildman–Crippen LogP) is 11.8. The van der Waals surface area contributed by atoms with Gasteiger partial charge in [-0.25, -0.2) is 0 Å². The van der Waals surface area contributed by atoms with E-state index in [1.165, 1.54) is 125 Å². The number of hydrogen-bond acceptors (Lipinski definition) is 6. The lowest BCUT2D eigenvalue weighted by Gasteiger charge is -2.26. The van der Waals surface area contributed by atoms with E-state index in [1.807, 2.05) is 27.7 Å². The highest BCUT2D eigenvalue weighted by Crippen LogP contribution is 2.18. The minimum Gasteiger partial charge on any atom is -0.320 e. The number of carbonyl (C=O) groups is 4. The molecule has 56 heavy (non-hydrogen) atoms. The van der Waals surface area contributed by atoms with Crippen LogP contribution < -0.4 is 11.5 Å². The van der Waals surface area contributed by atoms with Crippen LogP contribution >= 0.6 is 0 Å². The zero-order chi connectivity index (χ0) is 41.6. The van der Waals surface area contributed by atoms with Crippen LogP contribution in [0, 0.1) is 11.8 Å². The van der Waals surface area contributed by atoms with Crippen LogP contribution in [-0.4, -0.2) is 58.6 Å². The Bertz CT molecular complexity index is 1090. The third-order valence-corrected chi connectivity index (χ3v) is 11.0. The molecule has 0 aliphatic rings. The second-order valence-electron chi connectivity index (χ2n) is 17.4. The van der Waals surface area contributed by atoms with Crippen molar-refractivity contribution in [1.82, 2.24) is 9.80 Å². The number of unbranched alkanes of at least 4 members (excludes halogenated alkanes) is 22. The first-order chi connectivity index (χ1) is 26.9. The van der Waals surface area contributed by atoms with Crippen molar-refractivity contribution in [3.05, 3.63) is 35.4 Å². The Morgan fingerprint density at radius 2 is 0.661 bits per heavy atom. The number of nitrogens with two attached hydrogens (primary N) is 2. The molecule has 8 nitrogen and oxygen atoms in total. The summed E-state index contributed by atoms with van der Waals surface area (Å²) in [5.74, 6) is -1.08. The number of hydrogen-bond donors (Lipinski definition) is 2. The summed E-state index contributed by atoms with van der Waals surface area (Å²) in [6.07, 6.45) is 29.7. The van der Waals surface area contributed by atoms with Crippen LogP contribution in [0.4, 0.5) is 0 Å². The van der Waals surface area contributed by atoms with Crippen LogP contribution in [0.1, 0.15) is 229 Å². The molecule has 0 aliphatic heterocycles. The van der Waals surface area contributed by atoms with Crippen LogP contribution in [-0.2, 0) is 9.59 Å². The molecular weight excluding hydrogens is 697 g/mol. The second kappa shape index (κ2) is 32.4. The average Bonchev–Trinajstić information content (AvgIpc) is 3.17. The van der Waals surface area contributed by atoms with Gasteiger partial charge in [0.2, 0.25) is 11.8 Å². The predicted molar refractivity (Wildman–Crippen MR) is 236 cm³/mol. The van der Waals surface area contributed by atoms with Crippen molar-refractivity contribution < 1.29 is 19.2 Å². The van der Waals surface area contributed by atoms with E-state index >= 15 is 0 Å². The quantitative estimate of drug-likeness (QED) is 0.0670. The third kappa shape index (κ3) is 23.0. The Hall–Kier alpha value is -2.58. The molecule has 0 fully saturated rings. The Labute approximate surface area is 344 Å². The van der Waals surface area contributed by atoms with E-state index in [2.05, 4.69) is 13.8 Å². The Morgan fingerprint density at radius 3 is 0.893 bits per heavy atom. The molecule has 1 rings (SSSR count). The first kappa shape index (κ1) is 51.4. The number of benzene rings is 1. The van der Waals surface area contributed by atoms with Crippen LogP contribution in [0.5, 0.6) is 0 Å². The van der Waals surface area contributed by atoms with Crippen molar-refractivity contribution in [2.24, 2.45) is 23.3 Å². The van der Waals surface area contributed by atoms with E-state index in [-0.39, 0.29) is 23.7 Å². The number of amides is 4. The lowest BCUT2D eigenvalue weighted by atomic mass is 10.0. The fraction of sp³-hybridized carbons (Fsp3) is 0.792. The van der Waals surface area contributed by atoms with E-state index in [9.17, 15) is 19.2 Å². The Morgan fingerprint density at radius 1 is 0.429 bits per heavy atom. The maximum Gasteiger partial charge on any atom is 0.260 e. The molecule has 0 saturated carbocycles. The summed E-state index contributed by atoms with van der Waals surface area (Å²) in [4.78, 5) is 57.4. The highest BCUT2D eigenvalue weighted by molar-refractivity contribution is 6.08. The summed E-state index contributed by atoms with van der Waals surface area (Å²) >= 11 is 0. The second-order valence-corrected chi connectivity index (χ2v) is 17.4. The largest absolute Gasteiger partial charge is 0.320 e. The maximum atomic E-state index is 13.8. The Balaban J connectivity index is 2.86. The number of rotatable bonds is 34. The van der Waals surface area contributed by atoms with Gasteiger partial charge < -0.3 is 11.5 Å². The molecule has 322 valence electrons. The van der Waals surface area contributed by atoms with E-state index in [1.54, 1.807) is 24.3 Å². The topological polar surface area (TPSA) is 127 Å². The summed E-state index contributed by atoms with van der Waals surface area (Å²) in [5.41, 5.74) is 13.3. The fourth-order valence-electron chi connectivity index (χ4n) is 7.53. The van der Waals surface area contributed by atoms with Crippen molar-refractivity contribution >= 4 is 23.6 Å². The maximum absolute atomic E-state index is 13.8. The molecule has 8 heteroatoms. The first-order valence-electron chi connectivity index (χ1n) is 23.3. The highest BCUT2D eigenvalue weighted by Gasteiger charge is 2.30. The van der Waals surface area contributed by atoms with Gasteiger partial charge in [-0.2, -0.15) is 0 Å². The van der Waals surface area contributed by atoms with Gasteiger partial charge >= 0.3 is 0 Å². The van der Waals surface area contributed by atoms with E-state index in [0.29, 0.717) is 37.1 Å². The van der Waals surface area contributed by atoms with Crippen molar-refractivity contribution in [3.8, 4) is 0 Å². The van der Waals surface area contributed by atoms with Crippen LogP contribution in [0.3, 0.4) is 0 Å². The van der Waals surface area contributed by atoms with Crippen molar-refractivity contribution in [3.63, 3.8) is 0 Å². The average molecular weight is 783 g/mol. The van der Waals surface area contributed by atoms with Crippen molar-refractivity contribution in [2.45, 2.75) is 221 Å². The van der Waals surface area contributed by atoms with Gasteiger partial charge in [0.05, 0.1) is 12.1 Å². The number of imide groups is 2. The molecule has 2 atom stereocenters. The fourth-order valence-corrected chi connectivity index (χ4v) is 7.53. The van der Waals surface area contributed by atoms with Crippen molar-refractivity contribution in [1.29, 1.82) is 0 Å². The minimum absolute atomic E-state index is 0.220. The summed E-state index contributed by atoms with van der Waals surface area (Å²) in [6.45, 7) is 13.2. The molecular formula is C48H86N4O4. The molecule has 2 unspecified atom stereocenters. The molecule has 4 N–H and O–H groups in total. The molecule has 1 aromatic carbocycles. The first-order valence-corrected chi connectivity index (χ1v) is 23.3. The lowest BCUT2D eigenvalue weighted by Crippen LogP contribution is -2.48. The van der Waals surface area contributed by atoms with Crippen LogP contribution in [0.15, 0.2) is 24.3 Å². The third-order valence-electron chi connectivity index (χ3n) is 11.0. The highest BCUT2D eigenvalue weighted by atomic mass is 16.2. The molecule has 0 heterocycles. The molecule has 4 amide bonds. The summed E-state index contributed by atoms with van der Waals surface area (Å²) in [5, 5.41) is 0. The normalized spacial score (nSPS) is 12.6. The van der Waals surface area contributed by atoms with Crippen molar-refractivity contribution in [2.75, 3.05) is 13.1 Å². The van der Waals surface area contributed by atoms with Gasteiger partial charge in [-0.3, -0.25) is 29.0 Å². The molecule has 0 aromatic heterocycles. The van der Waals surface area contributed by atoms with Gasteiger partial charge in [0.1, 0.15) is 0 Å². The number of nitrogens with zero attached hydrogens (tertiary/aromatic N) is 2. The number of carbonyl (C=O) groups excluding carboxylic acids is 4. The van der Waals surface area contributed by atoms with E-state index < -0.39 is 23.9 Å². The van der Waals surface area contributed by atoms with Gasteiger partial charge in [-0.05, 0) is 61.8 Å². The summed E-state index contributed by atoms with van der Waals surface area (Å²) < 4.78 is 0. The molecule has 0 bridgehead atoms. The molecule has 0 aliphatic carbocycles. The smallest absolute Gasteiger partial charge is 0.260 e. The monoisotopic (exact) mass is 783 g/mol.